The number of para-hydroxylation sites is 1. The maximum absolute atomic E-state index is 11.5. The summed E-state index contributed by atoms with van der Waals surface area (Å²) in [5, 5.41) is 2.77. The number of benzene rings is 2. The second-order valence-electron chi connectivity index (χ2n) is 4.16. The molecule has 0 radical (unpaired) electrons. The molecule has 0 saturated heterocycles. The molecule has 98 valence electrons. The van der Waals surface area contributed by atoms with E-state index in [1.54, 1.807) is 6.92 Å². The molecule has 3 heteroatoms. The molecule has 19 heavy (non-hydrogen) atoms. The third-order valence-corrected chi connectivity index (χ3v) is 2.77. The van der Waals surface area contributed by atoms with Crippen LogP contribution in [0.1, 0.15) is 18.1 Å². The molecule has 0 heterocycles. The lowest BCUT2D eigenvalue weighted by molar-refractivity contribution is 0.168. The van der Waals surface area contributed by atoms with Crippen molar-refractivity contribution in [2.75, 3.05) is 11.9 Å². The molecule has 0 aromatic heterocycles. The van der Waals surface area contributed by atoms with E-state index in [2.05, 4.69) is 17.4 Å². The molecular formula is C16H17NO2. The van der Waals surface area contributed by atoms with Gasteiger partial charge in [0.15, 0.2) is 0 Å². The summed E-state index contributed by atoms with van der Waals surface area (Å²) in [6.07, 6.45) is 0.367. The molecule has 0 unspecified atom stereocenters. The molecule has 1 N–H and O–H groups in total. The molecule has 2 rings (SSSR count). The molecule has 2 aromatic carbocycles. The third-order valence-electron chi connectivity index (χ3n) is 2.77. The maximum atomic E-state index is 11.5. The number of ether oxygens (including phenoxy) is 1. The molecule has 0 atom stereocenters. The van der Waals surface area contributed by atoms with Gasteiger partial charge in [-0.15, -0.1) is 0 Å². The average molecular weight is 255 g/mol. The van der Waals surface area contributed by atoms with Gasteiger partial charge in [0, 0.05) is 5.69 Å². The number of hydrogen-bond acceptors (Lipinski definition) is 2. The Hall–Kier alpha value is -2.29. The fourth-order valence-corrected chi connectivity index (χ4v) is 1.89. The number of nitrogens with one attached hydrogen (secondary N) is 1. The van der Waals surface area contributed by atoms with Gasteiger partial charge in [0.1, 0.15) is 0 Å². The maximum Gasteiger partial charge on any atom is 0.411 e. The van der Waals surface area contributed by atoms with Gasteiger partial charge < -0.3 is 4.74 Å². The average Bonchev–Trinajstić information content (AvgIpc) is 2.42. The van der Waals surface area contributed by atoms with Crippen LogP contribution in [0.5, 0.6) is 0 Å². The highest BCUT2D eigenvalue weighted by atomic mass is 16.5. The highest BCUT2D eigenvalue weighted by molar-refractivity contribution is 5.85. The Labute approximate surface area is 113 Å². The van der Waals surface area contributed by atoms with Crippen LogP contribution in [0, 0.1) is 0 Å². The van der Waals surface area contributed by atoms with Gasteiger partial charge in [-0.2, -0.15) is 0 Å². The molecule has 0 aliphatic rings. The molecule has 2 aromatic rings. The van der Waals surface area contributed by atoms with E-state index in [1.165, 1.54) is 5.56 Å². The van der Waals surface area contributed by atoms with E-state index in [4.69, 9.17) is 4.74 Å². The van der Waals surface area contributed by atoms with Crippen LogP contribution in [0.15, 0.2) is 54.6 Å². The highest BCUT2D eigenvalue weighted by Gasteiger charge is 2.07. The Morgan fingerprint density at radius 1 is 1.05 bits per heavy atom. The van der Waals surface area contributed by atoms with Crippen LogP contribution < -0.4 is 5.32 Å². The van der Waals surface area contributed by atoms with Crippen molar-refractivity contribution in [3.05, 3.63) is 65.7 Å². The fraction of sp³-hybridized carbons (Fsp3) is 0.188. The Morgan fingerprint density at radius 2 is 1.74 bits per heavy atom. The smallest absolute Gasteiger partial charge is 0.411 e. The minimum absolute atomic E-state index is 0.368. The van der Waals surface area contributed by atoms with Gasteiger partial charge in [-0.3, -0.25) is 5.32 Å². The number of rotatable bonds is 4. The van der Waals surface area contributed by atoms with E-state index in [1.807, 2.05) is 42.5 Å². The molecule has 0 bridgehead atoms. The summed E-state index contributed by atoms with van der Waals surface area (Å²) in [6, 6.07) is 17.9. The summed E-state index contributed by atoms with van der Waals surface area (Å²) in [5.74, 6) is 0. The zero-order valence-electron chi connectivity index (χ0n) is 10.9. The van der Waals surface area contributed by atoms with E-state index in [0.717, 1.165) is 17.7 Å². The van der Waals surface area contributed by atoms with Crippen LogP contribution in [0.2, 0.25) is 0 Å². The zero-order chi connectivity index (χ0) is 13.5. The number of hydrogen-bond donors (Lipinski definition) is 1. The second-order valence-corrected chi connectivity index (χ2v) is 4.16. The molecule has 0 aliphatic carbocycles. The van der Waals surface area contributed by atoms with Crippen molar-refractivity contribution in [2.45, 2.75) is 13.3 Å². The van der Waals surface area contributed by atoms with Gasteiger partial charge in [0.25, 0.3) is 0 Å². The predicted octanol–water partition coefficient (Wildman–Crippen LogP) is 3.85. The van der Waals surface area contributed by atoms with Gasteiger partial charge in [-0.1, -0.05) is 48.5 Å². The molecule has 1 amide bonds. The predicted molar refractivity (Wildman–Crippen MR) is 76.3 cm³/mol. The van der Waals surface area contributed by atoms with Crippen LogP contribution in [-0.2, 0) is 11.2 Å². The van der Waals surface area contributed by atoms with Crippen molar-refractivity contribution in [3.63, 3.8) is 0 Å². The summed E-state index contributed by atoms with van der Waals surface area (Å²) in [7, 11) is 0. The summed E-state index contributed by atoms with van der Waals surface area (Å²) in [5.41, 5.74) is 3.08. The van der Waals surface area contributed by atoms with Crippen molar-refractivity contribution in [1.82, 2.24) is 0 Å². The van der Waals surface area contributed by atoms with Crippen LogP contribution in [0.25, 0.3) is 0 Å². The lowest BCUT2D eigenvalue weighted by atomic mass is 10.0. The Bertz CT molecular complexity index is 537. The minimum atomic E-state index is -0.414. The van der Waals surface area contributed by atoms with E-state index >= 15 is 0 Å². The number of amides is 1. The first-order valence-corrected chi connectivity index (χ1v) is 6.35. The van der Waals surface area contributed by atoms with Crippen molar-refractivity contribution in [2.24, 2.45) is 0 Å². The fourth-order valence-electron chi connectivity index (χ4n) is 1.89. The molecule has 0 saturated carbocycles. The van der Waals surface area contributed by atoms with Crippen LogP contribution >= 0.6 is 0 Å². The Morgan fingerprint density at radius 3 is 2.47 bits per heavy atom. The van der Waals surface area contributed by atoms with Crippen molar-refractivity contribution in [3.8, 4) is 0 Å². The van der Waals surface area contributed by atoms with Crippen molar-refractivity contribution >= 4 is 11.8 Å². The SMILES string of the molecule is CCOC(=O)Nc1ccccc1Cc1ccccc1. The normalized spacial score (nSPS) is 9.95. The highest BCUT2D eigenvalue weighted by Crippen LogP contribution is 2.19. The molecule has 0 fully saturated rings. The van der Waals surface area contributed by atoms with Crippen molar-refractivity contribution in [1.29, 1.82) is 0 Å². The van der Waals surface area contributed by atoms with E-state index in [-0.39, 0.29) is 0 Å². The molecule has 0 spiro atoms. The first-order valence-electron chi connectivity index (χ1n) is 6.35. The molecule has 3 nitrogen and oxygen atoms in total. The van der Waals surface area contributed by atoms with Gasteiger partial charge in [-0.25, -0.2) is 4.79 Å². The van der Waals surface area contributed by atoms with E-state index < -0.39 is 6.09 Å². The summed E-state index contributed by atoms with van der Waals surface area (Å²) >= 11 is 0. The van der Waals surface area contributed by atoms with Crippen molar-refractivity contribution < 1.29 is 9.53 Å². The topological polar surface area (TPSA) is 38.3 Å². The lowest BCUT2D eigenvalue weighted by Gasteiger charge is -2.11. The molecule has 0 aliphatic heterocycles. The van der Waals surface area contributed by atoms with Crippen LogP contribution in [-0.4, -0.2) is 12.7 Å². The van der Waals surface area contributed by atoms with Gasteiger partial charge >= 0.3 is 6.09 Å². The number of carbonyl (C=O) groups is 1. The molecular weight excluding hydrogens is 238 g/mol. The third kappa shape index (κ3) is 3.85. The zero-order valence-corrected chi connectivity index (χ0v) is 10.9. The largest absolute Gasteiger partial charge is 0.450 e. The van der Waals surface area contributed by atoms with Crippen LogP contribution in [0.3, 0.4) is 0 Å². The standard InChI is InChI=1S/C16H17NO2/c1-2-19-16(18)17-15-11-7-6-10-14(15)12-13-8-4-3-5-9-13/h3-11H,2,12H2,1H3,(H,17,18). The number of anilines is 1. The first kappa shape index (κ1) is 13.1. The Kier molecular flexibility index (Phi) is 4.56. The van der Waals surface area contributed by atoms with E-state index in [0.29, 0.717) is 6.61 Å². The van der Waals surface area contributed by atoms with Gasteiger partial charge in [0.2, 0.25) is 0 Å². The van der Waals surface area contributed by atoms with Gasteiger partial charge in [0.05, 0.1) is 6.61 Å². The van der Waals surface area contributed by atoms with Crippen LogP contribution in [0.4, 0.5) is 10.5 Å². The first-order chi connectivity index (χ1) is 9.29. The quantitative estimate of drug-likeness (QED) is 0.901. The van der Waals surface area contributed by atoms with E-state index in [9.17, 15) is 4.79 Å². The summed E-state index contributed by atoms with van der Waals surface area (Å²) in [6.45, 7) is 2.15. The Balaban J connectivity index is 2.14. The van der Waals surface area contributed by atoms with Gasteiger partial charge in [-0.05, 0) is 30.5 Å². The lowest BCUT2D eigenvalue weighted by Crippen LogP contribution is -2.14. The minimum Gasteiger partial charge on any atom is -0.450 e. The number of carbonyl (C=O) groups excluding carboxylic acids is 1. The summed E-state index contributed by atoms with van der Waals surface area (Å²) < 4.78 is 4.90. The monoisotopic (exact) mass is 255 g/mol. The summed E-state index contributed by atoms with van der Waals surface area (Å²) in [4.78, 5) is 11.5. The second kappa shape index (κ2) is 6.59.